The molecule has 4 rings (SSSR count). The first-order valence-electron chi connectivity index (χ1n) is 11.6. The highest BCUT2D eigenvalue weighted by molar-refractivity contribution is 5.96. The molecule has 2 aliphatic heterocycles. The SMILES string of the molecule is CC(=O)c1cccc(NC(=O)O[C@@H]2CO[C@H]3[C@@H]2OC[C@@H]3NC(=O)Nc2ccc(C(C)(C)C)cc2)c1. The number of urea groups is 1. The number of ketones is 1. The average Bonchev–Trinajstić information content (AvgIpc) is 3.37. The lowest BCUT2D eigenvalue weighted by Crippen LogP contribution is -2.46. The van der Waals surface area contributed by atoms with E-state index >= 15 is 0 Å². The van der Waals surface area contributed by atoms with E-state index in [0.717, 1.165) is 0 Å². The summed E-state index contributed by atoms with van der Waals surface area (Å²) in [7, 11) is 0. The van der Waals surface area contributed by atoms with Gasteiger partial charge in [-0.05, 0) is 42.2 Å². The van der Waals surface area contributed by atoms with Crippen molar-refractivity contribution in [3.8, 4) is 0 Å². The fraction of sp³-hybridized carbons (Fsp3) is 0.423. The van der Waals surface area contributed by atoms with Gasteiger partial charge >= 0.3 is 12.1 Å². The Labute approximate surface area is 204 Å². The molecular weight excluding hydrogens is 450 g/mol. The number of rotatable bonds is 5. The Hall–Kier alpha value is -3.43. The van der Waals surface area contributed by atoms with Crippen LogP contribution in [0.2, 0.25) is 0 Å². The minimum absolute atomic E-state index is 0.0326. The molecule has 0 saturated carbocycles. The number of hydrogen-bond acceptors (Lipinski definition) is 6. The summed E-state index contributed by atoms with van der Waals surface area (Å²) in [6.07, 6.45) is -2.20. The van der Waals surface area contributed by atoms with Crippen molar-refractivity contribution in [2.45, 2.75) is 57.5 Å². The second-order valence-electron chi connectivity index (χ2n) is 9.83. The number of nitrogens with one attached hydrogen (secondary N) is 3. The van der Waals surface area contributed by atoms with Crippen LogP contribution in [0, 0.1) is 0 Å². The summed E-state index contributed by atoms with van der Waals surface area (Å²) in [6.45, 7) is 8.25. The third kappa shape index (κ3) is 5.98. The van der Waals surface area contributed by atoms with E-state index in [1.54, 1.807) is 24.3 Å². The number of amides is 3. The van der Waals surface area contributed by atoms with Gasteiger partial charge in [-0.1, -0.05) is 45.0 Å². The van der Waals surface area contributed by atoms with Gasteiger partial charge in [-0.15, -0.1) is 0 Å². The maximum atomic E-state index is 12.5. The minimum Gasteiger partial charge on any atom is -0.441 e. The Balaban J connectivity index is 1.27. The molecule has 3 N–H and O–H groups in total. The second-order valence-corrected chi connectivity index (χ2v) is 9.83. The third-order valence-corrected chi connectivity index (χ3v) is 6.11. The van der Waals surface area contributed by atoms with E-state index < -0.39 is 24.4 Å². The van der Waals surface area contributed by atoms with Gasteiger partial charge in [0.05, 0.1) is 19.3 Å². The summed E-state index contributed by atoms with van der Waals surface area (Å²) in [5.74, 6) is -0.0992. The van der Waals surface area contributed by atoms with Crippen molar-refractivity contribution in [3.05, 3.63) is 59.7 Å². The maximum Gasteiger partial charge on any atom is 0.412 e. The lowest BCUT2D eigenvalue weighted by molar-refractivity contribution is 0.00873. The molecule has 9 heteroatoms. The van der Waals surface area contributed by atoms with E-state index in [4.69, 9.17) is 14.2 Å². The largest absolute Gasteiger partial charge is 0.441 e. The van der Waals surface area contributed by atoms with Crippen molar-refractivity contribution in [1.82, 2.24) is 5.32 Å². The van der Waals surface area contributed by atoms with Gasteiger partial charge in [-0.3, -0.25) is 10.1 Å². The molecule has 35 heavy (non-hydrogen) atoms. The van der Waals surface area contributed by atoms with E-state index in [1.165, 1.54) is 12.5 Å². The van der Waals surface area contributed by atoms with Crippen molar-refractivity contribution >= 4 is 29.3 Å². The summed E-state index contributed by atoms with van der Waals surface area (Å²) in [5.41, 5.74) is 2.84. The topological polar surface area (TPSA) is 115 Å². The average molecular weight is 482 g/mol. The third-order valence-electron chi connectivity index (χ3n) is 6.11. The highest BCUT2D eigenvalue weighted by Gasteiger charge is 2.50. The number of carbonyl (C=O) groups excluding carboxylic acids is 3. The van der Waals surface area contributed by atoms with Gasteiger partial charge in [0, 0.05) is 16.9 Å². The number of anilines is 2. The lowest BCUT2D eigenvalue weighted by atomic mass is 9.87. The van der Waals surface area contributed by atoms with Gasteiger partial charge in [0.2, 0.25) is 0 Å². The number of fused-ring (bicyclic) bond motifs is 1. The van der Waals surface area contributed by atoms with Crippen LogP contribution >= 0.6 is 0 Å². The molecule has 2 aromatic carbocycles. The van der Waals surface area contributed by atoms with E-state index in [0.29, 0.717) is 16.9 Å². The monoisotopic (exact) mass is 481 g/mol. The molecule has 186 valence electrons. The van der Waals surface area contributed by atoms with Gasteiger partial charge < -0.3 is 24.8 Å². The fourth-order valence-corrected chi connectivity index (χ4v) is 4.18. The molecule has 2 aliphatic rings. The van der Waals surface area contributed by atoms with Gasteiger partial charge in [0.25, 0.3) is 0 Å². The van der Waals surface area contributed by atoms with Crippen LogP contribution in [0.1, 0.15) is 43.6 Å². The molecule has 0 aromatic heterocycles. The Morgan fingerprint density at radius 1 is 0.914 bits per heavy atom. The van der Waals surface area contributed by atoms with Crippen LogP contribution in [0.4, 0.5) is 21.0 Å². The van der Waals surface area contributed by atoms with E-state index in [1.807, 2.05) is 24.3 Å². The molecule has 9 nitrogen and oxygen atoms in total. The first-order valence-corrected chi connectivity index (χ1v) is 11.6. The molecule has 0 unspecified atom stereocenters. The van der Waals surface area contributed by atoms with E-state index in [2.05, 4.69) is 36.7 Å². The van der Waals surface area contributed by atoms with Crippen LogP contribution in [0.15, 0.2) is 48.5 Å². The van der Waals surface area contributed by atoms with Crippen LogP contribution in [-0.2, 0) is 19.6 Å². The molecule has 4 atom stereocenters. The number of Topliss-reactive ketones (excluding diaryl/α,β-unsaturated/α-hetero) is 1. The molecule has 0 aliphatic carbocycles. The zero-order chi connectivity index (χ0) is 25.2. The fourth-order valence-electron chi connectivity index (χ4n) is 4.18. The zero-order valence-electron chi connectivity index (χ0n) is 20.3. The summed E-state index contributed by atoms with van der Waals surface area (Å²) < 4.78 is 17.1. The standard InChI is InChI=1S/C26H31N3O6/c1-15(30)16-6-5-7-19(12-16)28-25(32)35-21-14-34-22-20(13-33-23(21)22)29-24(31)27-18-10-8-17(9-11-18)26(2,3)4/h5-12,20-23H,13-14H2,1-4H3,(H,28,32)(H2,27,29,31)/t20-,21+,22+,23+/m0/s1. The van der Waals surface area contributed by atoms with Crippen LogP contribution in [-0.4, -0.2) is 55.5 Å². The van der Waals surface area contributed by atoms with Gasteiger partial charge in [-0.25, -0.2) is 9.59 Å². The first-order chi connectivity index (χ1) is 16.6. The number of hydrogen-bond donors (Lipinski definition) is 3. The number of ether oxygens (including phenoxy) is 3. The summed E-state index contributed by atoms with van der Waals surface area (Å²) in [6, 6.07) is 13.6. The van der Waals surface area contributed by atoms with Crippen molar-refractivity contribution in [2.75, 3.05) is 23.8 Å². The van der Waals surface area contributed by atoms with Gasteiger partial charge in [0.1, 0.15) is 12.2 Å². The Morgan fingerprint density at radius 3 is 2.31 bits per heavy atom. The highest BCUT2D eigenvalue weighted by Crippen LogP contribution is 2.29. The molecule has 0 radical (unpaired) electrons. The first kappa shape index (κ1) is 24.7. The zero-order valence-corrected chi connectivity index (χ0v) is 20.3. The van der Waals surface area contributed by atoms with E-state index in [-0.39, 0.29) is 36.5 Å². The second kappa shape index (κ2) is 10.1. The van der Waals surface area contributed by atoms with Crippen molar-refractivity contribution in [3.63, 3.8) is 0 Å². The summed E-state index contributed by atoms with van der Waals surface area (Å²) in [4.78, 5) is 36.4. The van der Waals surface area contributed by atoms with Crippen LogP contribution < -0.4 is 16.0 Å². The molecule has 2 heterocycles. The predicted octanol–water partition coefficient (Wildman–Crippen LogP) is 4.09. The Kier molecular flexibility index (Phi) is 7.09. The van der Waals surface area contributed by atoms with E-state index in [9.17, 15) is 14.4 Å². The smallest absolute Gasteiger partial charge is 0.412 e. The molecule has 0 spiro atoms. The van der Waals surface area contributed by atoms with Gasteiger partial charge in [-0.2, -0.15) is 0 Å². The van der Waals surface area contributed by atoms with Crippen molar-refractivity contribution in [2.24, 2.45) is 0 Å². The van der Waals surface area contributed by atoms with Crippen molar-refractivity contribution < 1.29 is 28.6 Å². The van der Waals surface area contributed by atoms with Crippen LogP contribution in [0.5, 0.6) is 0 Å². The highest BCUT2D eigenvalue weighted by atomic mass is 16.6. The molecule has 0 bridgehead atoms. The Bertz CT molecular complexity index is 1100. The Morgan fingerprint density at radius 2 is 1.63 bits per heavy atom. The molecular formula is C26H31N3O6. The molecule has 2 aromatic rings. The predicted molar refractivity (Wildman–Crippen MR) is 131 cm³/mol. The van der Waals surface area contributed by atoms with Crippen molar-refractivity contribution in [1.29, 1.82) is 0 Å². The lowest BCUT2D eigenvalue weighted by Gasteiger charge is -2.20. The summed E-state index contributed by atoms with van der Waals surface area (Å²) in [5, 5.41) is 8.34. The minimum atomic E-state index is -0.670. The quantitative estimate of drug-likeness (QED) is 0.554. The molecule has 2 saturated heterocycles. The molecule has 2 fully saturated rings. The normalized spacial score (nSPS) is 23.3. The van der Waals surface area contributed by atoms with Gasteiger partial charge in [0.15, 0.2) is 11.9 Å². The summed E-state index contributed by atoms with van der Waals surface area (Å²) >= 11 is 0. The maximum absolute atomic E-state index is 12.5. The molecule has 3 amide bonds. The van der Waals surface area contributed by atoms with Crippen LogP contribution in [0.3, 0.4) is 0 Å². The number of carbonyl (C=O) groups is 3. The number of benzene rings is 2. The van der Waals surface area contributed by atoms with Crippen LogP contribution in [0.25, 0.3) is 0 Å².